The molecule has 2 fully saturated rings. The molecule has 1 aromatic carbocycles. The molecular formula is C19H24F2N4O2. The van der Waals surface area contributed by atoms with Crippen molar-refractivity contribution >= 4 is 11.8 Å². The zero-order chi connectivity index (χ0) is 19.0. The summed E-state index contributed by atoms with van der Waals surface area (Å²) in [5.41, 5.74) is 3.65. The maximum absolute atomic E-state index is 12.8. The third-order valence-corrected chi connectivity index (χ3v) is 5.83. The van der Waals surface area contributed by atoms with Crippen LogP contribution in [0.2, 0.25) is 0 Å². The zero-order valence-electron chi connectivity index (χ0n) is 15.2. The van der Waals surface area contributed by atoms with Gasteiger partial charge in [-0.15, -0.1) is 0 Å². The Bertz CT molecular complexity index is 734. The van der Waals surface area contributed by atoms with Crippen LogP contribution in [-0.2, 0) is 29.2 Å². The number of piperazine rings is 1. The van der Waals surface area contributed by atoms with Gasteiger partial charge in [0.15, 0.2) is 0 Å². The van der Waals surface area contributed by atoms with E-state index in [2.05, 4.69) is 27.2 Å². The van der Waals surface area contributed by atoms with E-state index in [4.69, 9.17) is 0 Å². The second-order valence-electron chi connectivity index (χ2n) is 7.52. The standard InChI is InChI=1S/C19H24F2N4O2/c20-19(21)24-8-6-23(7-9-24)10-13-2-1-3-14-11-25(12-15(13)14)16-4-5-17(26)22-18(16)27/h1-3,16,19H,4-12H2,(H,22,26,27). The van der Waals surface area contributed by atoms with Crippen molar-refractivity contribution in [1.29, 1.82) is 0 Å². The Morgan fingerprint density at radius 3 is 2.59 bits per heavy atom. The number of nitrogens with zero attached hydrogens (tertiary/aromatic N) is 3. The van der Waals surface area contributed by atoms with Crippen LogP contribution in [0.3, 0.4) is 0 Å². The minimum Gasteiger partial charge on any atom is -0.297 e. The van der Waals surface area contributed by atoms with Crippen LogP contribution in [-0.4, -0.2) is 65.3 Å². The molecule has 2 saturated heterocycles. The minimum atomic E-state index is -2.38. The van der Waals surface area contributed by atoms with Gasteiger partial charge < -0.3 is 0 Å². The van der Waals surface area contributed by atoms with Gasteiger partial charge in [0, 0.05) is 52.2 Å². The molecule has 27 heavy (non-hydrogen) atoms. The van der Waals surface area contributed by atoms with Crippen LogP contribution in [0.4, 0.5) is 8.78 Å². The second kappa shape index (κ2) is 7.61. The van der Waals surface area contributed by atoms with Gasteiger partial charge in [-0.3, -0.25) is 24.7 Å². The monoisotopic (exact) mass is 378 g/mol. The Labute approximate surface area is 157 Å². The molecule has 1 aromatic rings. The van der Waals surface area contributed by atoms with E-state index in [1.807, 2.05) is 6.07 Å². The molecule has 1 N–H and O–H groups in total. The highest BCUT2D eigenvalue weighted by Gasteiger charge is 2.35. The number of hydrogen-bond acceptors (Lipinski definition) is 5. The summed E-state index contributed by atoms with van der Waals surface area (Å²) in [4.78, 5) is 29.1. The van der Waals surface area contributed by atoms with Crippen LogP contribution in [0.15, 0.2) is 18.2 Å². The lowest BCUT2D eigenvalue weighted by molar-refractivity contribution is -0.137. The number of carbonyl (C=O) groups excluding carboxylic acids is 2. The quantitative estimate of drug-likeness (QED) is 0.629. The lowest BCUT2D eigenvalue weighted by Crippen LogP contribution is -2.50. The number of fused-ring (bicyclic) bond motifs is 1. The van der Waals surface area contributed by atoms with Gasteiger partial charge in [0.2, 0.25) is 11.8 Å². The molecule has 3 heterocycles. The Hall–Kier alpha value is -1.90. The molecule has 2 amide bonds. The molecule has 0 spiro atoms. The van der Waals surface area contributed by atoms with Crippen LogP contribution in [0.1, 0.15) is 29.5 Å². The smallest absolute Gasteiger partial charge is 0.294 e. The molecule has 4 rings (SSSR count). The number of amides is 2. The molecule has 146 valence electrons. The predicted molar refractivity (Wildman–Crippen MR) is 94.7 cm³/mol. The maximum atomic E-state index is 12.8. The van der Waals surface area contributed by atoms with E-state index in [1.54, 1.807) is 0 Å². The van der Waals surface area contributed by atoms with Crippen molar-refractivity contribution in [3.05, 3.63) is 34.9 Å². The fourth-order valence-corrected chi connectivity index (χ4v) is 4.27. The SMILES string of the molecule is O=C1CCC(N2Cc3cccc(CN4CCN(C(F)F)CC4)c3C2)C(=O)N1. The maximum Gasteiger partial charge on any atom is 0.294 e. The van der Waals surface area contributed by atoms with Crippen LogP contribution in [0.25, 0.3) is 0 Å². The van der Waals surface area contributed by atoms with Crippen molar-refractivity contribution < 1.29 is 18.4 Å². The van der Waals surface area contributed by atoms with E-state index in [9.17, 15) is 18.4 Å². The molecule has 0 saturated carbocycles. The van der Waals surface area contributed by atoms with Crippen molar-refractivity contribution in [3.63, 3.8) is 0 Å². The largest absolute Gasteiger partial charge is 0.297 e. The van der Waals surface area contributed by atoms with Crippen molar-refractivity contribution in [2.24, 2.45) is 0 Å². The van der Waals surface area contributed by atoms with Gasteiger partial charge in [-0.25, -0.2) is 4.90 Å². The number of hydrogen-bond donors (Lipinski definition) is 1. The van der Waals surface area contributed by atoms with Gasteiger partial charge in [-0.05, 0) is 23.1 Å². The molecule has 0 aliphatic carbocycles. The summed E-state index contributed by atoms with van der Waals surface area (Å²) in [5.74, 6) is -0.402. The predicted octanol–water partition coefficient (Wildman–Crippen LogP) is 1.15. The van der Waals surface area contributed by atoms with Gasteiger partial charge in [0.1, 0.15) is 0 Å². The average molecular weight is 378 g/mol. The van der Waals surface area contributed by atoms with Crippen molar-refractivity contribution in [2.45, 2.75) is 45.1 Å². The van der Waals surface area contributed by atoms with E-state index in [0.717, 1.165) is 6.54 Å². The number of rotatable bonds is 4. The molecule has 1 atom stereocenters. The van der Waals surface area contributed by atoms with Crippen molar-refractivity contribution in [3.8, 4) is 0 Å². The highest BCUT2D eigenvalue weighted by Crippen LogP contribution is 2.30. The summed E-state index contributed by atoms with van der Waals surface area (Å²) in [5, 5.41) is 2.43. The summed E-state index contributed by atoms with van der Waals surface area (Å²) in [6.45, 7) is 1.78. The first kappa shape index (κ1) is 18.5. The fraction of sp³-hybridized carbons (Fsp3) is 0.579. The van der Waals surface area contributed by atoms with Gasteiger partial charge in [-0.1, -0.05) is 18.2 Å². The molecule has 0 bridgehead atoms. The van der Waals surface area contributed by atoms with Gasteiger partial charge in [-0.2, -0.15) is 8.78 Å². The first-order valence-corrected chi connectivity index (χ1v) is 9.43. The first-order valence-electron chi connectivity index (χ1n) is 9.43. The Kier molecular flexibility index (Phi) is 5.21. The van der Waals surface area contributed by atoms with E-state index in [1.165, 1.54) is 21.6 Å². The van der Waals surface area contributed by atoms with Gasteiger partial charge in [0.05, 0.1) is 6.04 Å². The normalized spacial score (nSPS) is 25.1. The third kappa shape index (κ3) is 3.88. The summed E-state index contributed by atoms with van der Waals surface area (Å²) in [6, 6.07) is 5.93. The van der Waals surface area contributed by atoms with E-state index in [-0.39, 0.29) is 17.9 Å². The van der Waals surface area contributed by atoms with Crippen LogP contribution in [0, 0.1) is 0 Å². The second-order valence-corrected chi connectivity index (χ2v) is 7.52. The van der Waals surface area contributed by atoms with Gasteiger partial charge in [0.25, 0.3) is 6.55 Å². The summed E-state index contributed by atoms with van der Waals surface area (Å²) in [7, 11) is 0. The zero-order valence-corrected chi connectivity index (χ0v) is 15.2. The number of halogens is 2. The Morgan fingerprint density at radius 2 is 1.89 bits per heavy atom. The minimum absolute atomic E-state index is 0.198. The Morgan fingerprint density at radius 1 is 1.11 bits per heavy atom. The van der Waals surface area contributed by atoms with Gasteiger partial charge >= 0.3 is 0 Å². The van der Waals surface area contributed by atoms with Crippen LogP contribution < -0.4 is 5.32 Å². The lowest BCUT2D eigenvalue weighted by Gasteiger charge is -2.34. The molecule has 8 heteroatoms. The molecule has 6 nitrogen and oxygen atoms in total. The highest BCUT2D eigenvalue weighted by atomic mass is 19.3. The number of benzene rings is 1. The fourth-order valence-electron chi connectivity index (χ4n) is 4.27. The van der Waals surface area contributed by atoms with E-state index in [0.29, 0.717) is 52.1 Å². The van der Waals surface area contributed by atoms with E-state index < -0.39 is 6.55 Å². The highest BCUT2D eigenvalue weighted by molar-refractivity contribution is 6.00. The summed E-state index contributed by atoms with van der Waals surface area (Å²) in [6.07, 6.45) is 0.939. The third-order valence-electron chi connectivity index (χ3n) is 5.83. The summed E-state index contributed by atoms with van der Waals surface area (Å²) >= 11 is 0. The molecule has 3 aliphatic heterocycles. The topological polar surface area (TPSA) is 55.9 Å². The number of piperidine rings is 1. The van der Waals surface area contributed by atoms with Crippen LogP contribution >= 0.6 is 0 Å². The molecular weight excluding hydrogens is 354 g/mol. The number of carbonyl (C=O) groups is 2. The average Bonchev–Trinajstić information content (AvgIpc) is 3.07. The van der Waals surface area contributed by atoms with E-state index >= 15 is 0 Å². The first-order chi connectivity index (χ1) is 13.0. The van der Waals surface area contributed by atoms with Crippen molar-refractivity contribution in [2.75, 3.05) is 26.2 Å². The summed E-state index contributed by atoms with van der Waals surface area (Å²) < 4.78 is 25.6. The Balaban J connectivity index is 1.42. The molecule has 0 aromatic heterocycles. The number of imide groups is 1. The molecule has 1 unspecified atom stereocenters. The van der Waals surface area contributed by atoms with Crippen molar-refractivity contribution in [1.82, 2.24) is 20.0 Å². The lowest BCUT2D eigenvalue weighted by atomic mass is 10.0. The number of alkyl halides is 2. The van der Waals surface area contributed by atoms with Crippen LogP contribution in [0.5, 0.6) is 0 Å². The molecule has 3 aliphatic rings. The number of nitrogens with one attached hydrogen (secondary N) is 1. The molecule has 0 radical (unpaired) electrons.